The number of nitrogens with zero attached hydrogens (tertiary/aromatic N) is 2. The van der Waals surface area contributed by atoms with Crippen LogP contribution in [0, 0.1) is 0 Å². The van der Waals surface area contributed by atoms with Crippen LogP contribution >= 0.6 is 0 Å². The Labute approximate surface area is 165 Å². The topological polar surface area (TPSA) is 91.0 Å². The normalized spacial score (nSPS) is 21.8. The zero-order valence-corrected chi connectivity index (χ0v) is 16.7. The molecule has 28 heavy (non-hydrogen) atoms. The standard InChI is InChI=1S/C20H28N4O4/c1-20(11-10-14-4-8-16(28-3)9-5-14)18(26)24(19(27)22-20)13-23(2)12-17(25)21-15-6-7-15/h4-5,8-9,15H,6-7,10-13H2,1-3H3,(H,21,25)(H,22,27)/t20-/m0/s1. The highest BCUT2D eigenvalue weighted by Crippen LogP contribution is 2.24. The highest BCUT2D eigenvalue weighted by Gasteiger charge is 2.47. The highest BCUT2D eigenvalue weighted by atomic mass is 16.5. The number of hydrogen-bond acceptors (Lipinski definition) is 5. The largest absolute Gasteiger partial charge is 0.497 e. The van der Waals surface area contributed by atoms with E-state index < -0.39 is 11.6 Å². The Morgan fingerprint density at radius 1 is 1.32 bits per heavy atom. The van der Waals surface area contributed by atoms with Crippen molar-refractivity contribution >= 4 is 17.8 Å². The Balaban J connectivity index is 1.53. The number of nitrogens with one attached hydrogen (secondary N) is 2. The van der Waals surface area contributed by atoms with Gasteiger partial charge in [-0.2, -0.15) is 0 Å². The van der Waals surface area contributed by atoms with Gasteiger partial charge in [-0.15, -0.1) is 0 Å². The summed E-state index contributed by atoms with van der Waals surface area (Å²) in [6, 6.07) is 7.53. The van der Waals surface area contributed by atoms with E-state index >= 15 is 0 Å². The molecule has 1 aliphatic carbocycles. The van der Waals surface area contributed by atoms with Gasteiger partial charge in [-0.05, 0) is 57.4 Å². The first-order valence-electron chi connectivity index (χ1n) is 9.56. The van der Waals surface area contributed by atoms with Gasteiger partial charge in [0.2, 0.25) is 5.91 Å². The van der Waals surface area contributed by atoms with Crippen LogP contribution in [0.1, 0.15) is 31.7 Å². The molecule has 152 valence electrons. The molecule has 0 bridgehead atoms. The maximum Gasteiger partial charge on any atom is 0.326 e. The molecule has 2 N–H and O–H groups in total. The molecule has 0 aromatic heterocycles. The van der Waals surface area contributed by atoms with Crippen molar-refractivity contribution in [2.45, 2.75) is 44.2 Å². The predicted octanol–water partition coefficient (Wildman–Crippen LogP) is 1.11. The number of imide groups is 1. The van der Waals surface area contributed by atoms with E-state index in [4.69, 9.17) is 4.74 Å². The molecule has 0 radical (unpaired) electrons. The fourth-order valence-electron chi connectivity index (χ4n) is 3.27. The Morgan fingerprint density at radius 2 is 2.00 bits per heavy atom. The molecule has 4 amide bonds. The molecule has 0 spiro atoms. The van der Waals surface area contributed by atoms with Gasteiger partial charge in [0.15, 0.2) is 0 Å². The van der Waals surface area contributed by atoms with E-state index in [2.05, 4.69) is 10.6 Å². The summed E-state index contributed by atoms with van der Waals surface area (Å²) in [5.74, 6) is 0.430. The van der Waals surface area contributed by atoms with Gasteiger partial charge in [0.1, 0.15) is 11.3 Å². The lowest BCUT2D eigenvalue weighted by Crippen LogP contribution is -2.46. The SMILES string of the molecule is COc1ccc(CC[C@]2(C)NC(=O)N(CN(C)CC(=O)NC3CC3)C2=O)cc1. The summed E-state index contributed by atoms with van der Waals surface area (Å²) in [6.45, 7) is 1.98. The van der Waals surface area contributed by atoms with Gasteiger partial charge in [0, 0.05) is 6.04 Å². The average molecular weight is 388 g/mol. The van der Waals surface area contributed by atoms with E-state index in [0.29, 0.717) is 18.9 Å². The van der Waals surface area contributed by atoms with Crippen molar-refractivity contribution in [1.82, 2.24) is 20.4 Å². The summed E-state index contributed by atoms with van der Waals surface area (Å²) < 4.78 is 5.15. The predicted molar refractivity (Wildman–Crippen MR) is 104 cm³/mol. The zero-order valence-electron chi connectivity index (χ0n) is 16.7. The summed E-state index contributed by atoms with van der Waals surface area (Å²) in [6.07, 6.45) is 3.19. The summed E-state index contributed by atoms with van der Waals surface area (Å²) >= 11 is 0. The second-order valence-corrected chi connectivity index (χ2v) is 7.84. The van der Waals surface area contributed by atoms with Crippen molar-refractivity contribution < 1.29 is 19.1 Å². The number of aryl methyl sites for hydroxylation is 1. The smallest absolute Gasteiger partial charge is 0.326 e. The second kappa shape index (κ2) is 8.18. The minimum atomic E-state index is -0.950. The second-order valence-electron chi connectivity index (χ2n) is 7.84. The van der Waals surface area contributed by atoms with E-state index in [9.17, 15) is 14.4 Å². The van der Waals surface area contributed by atoms with Crippen molar-refractivity contribution in [2.75, 3.05) is 27.4 Å². The fraction of sp³-hybridized carbons (Fsp3) is 0.550. The van der Waals surface area contributed by atoms with Gasteiger partial charge in [-0.25, -0.2) is 9.69 Å². The van der Waals surface area contributed by atoms with Crippen molar-refractivity contribution in [3.63, 3.8) is 0 Å². The molecule has 1 saturated heterocycles. The van der Waals surface area contributed by atoms with E-state index in [1.807, 2.05) is 24.3 Å². The number of likely N-dealkylation sites (N-methyl/N-ethyl adjacent to an activating group) is 1. The van der Waals surface area contributed by atoms with Crippen LogP contribution in [0.3, 0.4) is 0 Å². The Hall–Kier alpha value is -2.61. The zero-order chi connectivity index (χ0) is 20.3. The fourth-order valence-corrected chi connectivity index (χ4v) is 3.27. The Morgan fingerprint density at radius 3 is 2.61 bits per heavy atom. The van der Waals surface area contributed by atoms with Crippen molar-refractivity contribution in [3.05, 3.63) is 29.8 Å². The van der Waals surface area contributed by atoms with Crippen LogP contribution in [0.15, 0.2) is 24.3 Å². The molecule has 2 fully saturated rings. The molecular weight excluding hydrogens is 360 g/mol. The van der Waals surface area contributed by atoms with Gasteiger partial charge < -0.3 is 15.4 Å². The van der Waals surface area contributed by atoms with Crippen LogP contribution < -0.4 is 15.4 Å². The first kappa shape index (κ1) is 20.1. The molecule has 2 aliphatic rings. The van der Waals surface area contributed by atoms with Gasteiger partial charge in [0.05, 0.1) is 20.3 Å². The molecule has 1 aliphatic heterocycles. The summed E-state index contributed by atoms with van der Waals surface area (Å²) in [4.78, 5) is 40.0. The molecular formula is C20H28N4O4. The van der Waals surface area contributed by atoms with Crippen molar-refractivity contribution in [1.29, 1.82) is 0 Å². The minimum absolute atomic E-state index is 0.0840. The quantitative estimate of drug-likeness (QED) is 0.619. The van der Waals surface area contributed by atoms with Gasteiger partial charge in [0.25, 0.3) is 5.91 Å². The van der Waals surface area contributed by atoms with Crippen LogP contribution in [0.25, 0.3) is 0 Å². The van der Waals surface area contributed by atoms with E-state index in [-0.39, 0.29) is 25.0 Å². The number of hydrogen-bond donors (Lipinski definition) is 2. The molecule has 1 saturated carbocycles. The average Bonchev–Trinajstić information content (AvgIpc) is 3.44. The number of ether oxygens (including phenoxy) is 1. The molecule has 1 atom stereocenters. The maximum absolute atomic E-state index is 12.9. The summed E-state index contributed by atoms with van der Waals surface area (Å²) in [5, 5.41) is 5.71. The monoisotopic (exact) mass is 388 g/mol. The van der Waals surface area contributed by atoms with Crippen molar-refractivity contribution in [2.24, 2.45) is 0 Å². The van der Waals surface area contributed by atoms with Gasteiger partial charge >= 0.3 is 6.03 Å². The van der Waals surface area contributed by atoms with E-state index in [1.165, 1.54) is 4.90 Å². The molecule has 1 aromatic carbocycles. The third-order valence-corrected chi connectivity index (χ3v) is 5.16. The lowest BCUT2D eigenvalue weighted by molar-refractivity contribution is -0.133. The van der Waals surface area contributed by atoms with E-state index in [1.54, 1.807) is 26.0 Å². The summed E-state index contributed by atoms with van der Waals surface area (Å²) in [5.41, 5.74) is 0.116. The first-order chi connectivity index (χ1) is 13.3. The summed E-state index contributed by atoms with van der Waals surface area (Å²) in [7, 11) is 3.34. The van der Waals surface area contributed by atoms with Crippen LogP contribution in [-0.2, 0) is 16.0 Å². The molecule has 1 heterocycles. The number of amides is 4. The molecule has 1 aromatic rings. The third kappa shape index (κ3) is 4.81. The molecule has 8 nitrogen and oxygen atoms in total. The minimum Gasteiger partial charge on any atom is -0.497 e. The number of urea groups is 1. The van der Waals surface area contributed by atoms with Gasteiger partial charge in [-0.3, -0.25) is 14.5 Å². The Bertz CT molecular complexity index is 747. The Kier molecular flexibility index (Phi) is 5.88. The van der Waals surface area contributed by atoms with Crippen molar-refractivity contribution in [3.8, 4) is 5.75 Å². The first-order valence-corrected chi connectivity index (χ1v) is 9.56. The van der Waals surface area contributed by atoms with Crippen LogP contribution in [0.5, 0.6) is 5.75 Å². The number of carbonyl (C=O) groups is 3. The van der Waals surface area contributed by atoms with Crippen LogP contribution in [-0.4, -0.2) is 66.6 Å². The van der Waals surface area contributed by atoms with Crippen LogP contribution in [0.2, 0.25) is 0 Å². The molecule has 3 rings (SSSR count). The van der Waals surface area contributed by atoms with E-state index in [0.717, 1.165) is 24.2 Å². The lowest BCUT2D eigenvalue weighted by atomic mass is 9.93. The number of methoxy groups -OCH3 is 1. The molecule has 8 heteroatoms. The van der Waals surface area contributed by atoms with Crippen LogP contribution in [0.4, 0.5) is 4.79 Å². The number of carbonyl (C=O) groups excluding carboxylic acids is 3. The van der Waals surface area contributed by atoms with Gasteiger partial charge in [-0.1, -0.05) is 12.1 Å². The highest BCUT2D eigenvalue weighted by molar-refractivity contribution is 6.06. The molecule has 0 unspecified atom stereocenters. The number of rotatable bonds is 9. The maximum atomic E-state index is 12.9. The number of benzene rings is 1. The lowest BCUT2D eigenvalue weighted by Gasteiger charge is -2.24. The third-order valence-electron chi connectivity index (χ3n) is 5.16.